The van der Waals surface area contributed by atoms with Crippen LogP contribution in [0.3, 0.4) is 0 Å². The van der Waals surface area contributed by atoms with Crippen LogP contribution in [-0.2, 0) is 4.79 Å². The molecule has 2 aliphatic rings. The summed E-state index contributed by atoms with van der Waals surface area (Å²) in [6.45, 7) is 1.98. The summed E-state index contributed by atoms with van der Waals surface area (Å²) >= 11 is 0. The Morgan fingerprint density at radius 2 is 1.93 bits per heavy atom. The number of likely N-dealkylation sites (N-methyl/N-ethyl adjacent to an activating group) is 1. The Labute approximate surface area is 92.2 Å². The Balaban J connectivity index is 1.74. The second-order valence-corrected chi connectivity index (χ2v) is 5.02. The minimum Gasteiger partial charge on any atom is -0.344 e. The third kappa shape index (κ3) is 2.71. The van der Waals surface area contributed by atoms with E-state index in [4.69, 9.17) is 0 Å². The number of amides is 1. The van der Waals surface area contributed by atoms with Crippen LogP contribution in [-0.4, -0.2) is 37.0 Å². The molecule has 0 bridgehead atoms. The van der Waals surface area contributed by atoms with Crippen LogP contribution in [0.1, 0.15) is 38.5 Å². The van der Waals surface area contributed by atoms with Crippen LogP contribution < -0.4 is 5.32 Å². The molecule has 0 aromatic rings. The van der Waals surface area contributed by atoms with Gasteiger partial charge in [-0.15, -0.1) is 0 Å². The maximum absolute atomic E-state index is 11.9. The smallest absolute Gasteiger partial charge is 0.239 e. The van der Waals surface area contributed by atoms with Gasteiger partial charge < -0.3 is 10.2 Å². The Hall–Kier alpha value is -0.570. The number of nitrogens with zero attached hydrogens (tertiary/aromatic N) is 1. The van der Waals surface area contributed by atoms with Crippen molar-refractivity contribution in [2.45, 2.75) is 44.6 Å². The van der Waals surface area contributed by atoms with Gasteiger partial charge in [0.2, 0.25) is 5.91 Å². The third-order valence-electron chi connectivity index (χ3n) is 3.75. The molecule has 0 spiro atoms. The van der Waals surface area contributed by atoms with E-state index >= 15 is 0 Å². The summed E-state index contributed by atoms with van der Waals surface area (Å²) < 4.78 is 0. The number of rotatable bonds is 3. The minimum atomic E-state index is 0.124. The Kier molecular flexibility index (Phi) is 3.62. The Morgan fingerprint density at radius 3 is 2.47 bits per heavy atom. The Bertz CT molecular complexity index is 220. The summed E-state index contributed by atoms with van der Waals surface area (Å²) in [5.41, 5.74) is 0. The first kappa shape index (κ1) is 10.9. The summed E-state index contributed by atoms with van der Waals surface area (Å²) in [6, 6.07) is 0.124. The van der Waals surface area contributed by atoms with Gasteiger partial charge in [0.1, 0.15) is 0 Å². The highest BCUT2D eigenvalue weighted by Gasteiger charge is 2.28. The average Bonchev–Trinajstić information content (AvgIpc) is 2.16. The molecule has 1 aliphatic carbocycles. The molecular formula is C12H22N2O. The molecule has 2 rings (SSSR count). The summed E-state index contributed by atoms with van der Waals surface area (Å²) in [6.07, 6.45) is 7.75. The zero-order chi connectivity index (χ0) is 10.7. The average molecular weight is 210 g/mol. The van der Waals surface area contributed by atoms with Gasteiger partial charge in [0, 0.05) is 13.6 Å². The number of nitrogens with one attached hydrogen (secondary N) is 1. The predicted molar refractivity (Wildman–Crippen MR) is 60.6 cm³/mol. The highest BCUT2D eigenvalue weighted by Crippen LogP contribution is 2.24. The maximum Gasteiger partial charge on any atom is 0.239 e. The van der Waals surface area contributed by atoms with Crippen molar-refractivity contribution >= 4 is 5.91 Å². The molecule has 0 radical (unpaired) electrons. The van der Waals surface area contributed by atoms with Crippen molar-refractivity contribution in [2.75, 3.05) is 20.1 Å². The number of hydrogen-bond acceptors (Lipinski definition) is 2. The van der Waals surface area contributed by atoms with E-state index in [2.05, 4.69) is 5.32 Å². The third-order valence-corrected chi connectivity index (χ3v) is 3.75. The van der Waals surface area contributed by atoms with Crippen LogP contribution in [0.5, 0.6) is 0 Å². The van der Waals surface area contributed by atoms with Crippen LogP contribution in [0.25, 0.3) is 0 Å². The fourth-order valence-corrected chi connectivity index (χ4v) is 2.61. The van der Waals surface area contributed by atoms with E-state index < -0.39 is 0 Å². The van der Waals surface area contributed by atoms with E-state index in [1.165, 1.54) is 32.1 Å². The molecule has 0 unspecified atom stereocenters. The van der Waals surface area contributed by atoms with Gasteiger partial charge in [0.25, 0.3) is 0 Å². The lowest BCUT2D eigenvalue weighted by atomic mass is 9.89. The van der Waals surface area contributed by atoms with Gasteiger partial charge in [0.15, 0.2) is 0 Å². The maximum atomic E-state index is 11.9. The molecule has 0 aromatic heterocycles. The van der Waals surface area contributed by atoms with Gasteiger partial charge >= 0.3 is 0 Å². The second-order valence-electron chi connectivity index (χ2n) is 5.02. The molecule has 1 aliphatic heterocycles. The molecule has 15 heavy (non-hydrogen) atoms. The van der Waals surface area contributed by atoms with E-state index in [1.54, 1.807) is 0 Å². The van der Waals surface area contributed by atoms with Crippen LogP contribution in [0.15, 0.2) is 0 Å². The number of carbonyl (C=O) groups is 1. The lowest BCUT2D eigenvalue weighted by Crippen LogP contribution is -2.54. The summed E-state index contributed by atoms with van der Waals surface area (Å²) in [7, 11) is 1.96. The van der Waals surface area contributed by atoms with Crippen molar-refractivity contribution < 1.29 is 4.79 Å². The molecule has 1 saturated carbocycles. The van der Waals surface area contributed by atoms with Crippen molar-refractivity contribution in [3.05, 3.63) is 0 Å². The second kappa shape index (κ2) is 4.97. The van der Waals surface area contributed by atoms with Crippen LogP contribution in [0, 0.1) is 5.92 Å². The van der Waals surface area contributed by atoms with Crippen molar-refractivity contribution in [3.8, 4) is 0 Å². The summed E-state index contributed by atoms with van der Waals surface area (Å²) in [5, 5.41) is 3.17. The van der Waals surface area contributed by atoms with E-state index in [-0.39, 0.29) is 6.04 Å². The number of carbonyl (C=O) groups excluding carboxylic acids is 1. The van der Waals surface area contributed by atoms with Crippen LogP contribution >= 0.6 is 0 Å². The van der Waals surface area contributed by atoms with E-state index in [9.17, 15) is 4.79 Å². The minimum absolute atomic E-state index is 0.124. The summed E-state index contributed by atoms with van der Waals surface area (Å²) in [5.74, 6) is 1.06. The fourth-order valence-electron chi connectivity index (χ4n) is 2.61. The zero-order valence-electron chi connectivity index (χ0n) is 9.67. The molecule has 0 aromatic carbocycles. The molecule has 2 fully saturated rings. The van der Waals surface area contributed by atoms with Gasteiger partial charge in [-0.05, 0) is 31.7 Å². The lowest BCUT2D eigenvalue weighted by molar-refractivity contribution is -0.134. The van der Waals surface area contributed by atoms with Crippen LogP contribution in [0.2, 0.25) is 0 Å². The summed E-state index contributed by atoms with van der Waals surface area (Å²) in [4.78, 5) is 13.8. The topological polar surface area (TPSA) is 32.3 Å². The molecule has 86 valence electrons. The molecule has 1 amide bonds. The van der Waals surface area contributed by atoms with Gasteiger partial charge in [-0.3, -0.25) is 4.79 Å². The van der Waals surface area contributed by atoms with Crippen molar-refractivity contribution in [1.29, 1.82) is 0 Å². The van der Waals surface area contributed by atoms with E-state index in [0.29, 0.717) is 5.91 Å². The highest BCUT2D eigenvalue weighted by atomic mass is 16.2. The first-order valence-electron chi connectivity index (χ1n) is 6.26. The molecule has 3 nitrogen and oxygen atoms in total. The van der Waals surface area contributed by atoms with Gasteiger partial charge in [-0.2, -0.15) is 0 Å². The number of hydrogen-bond donors (Lipinski definition) is 1. The molecule has 1 saturated heterocycles. The first-order valence-corrected chi connectivity index (χ1v) is 6.26. The zero-order valence-corrected chi connectivity index (χ0v) is 9.67. The van der Waals surface area contributed by atoms with E-state index in [0.717, 1.165) is 25.4 Å². The monoisotopic (exact) mass is 210 g/mol. The fraction of sp³-hybridized carbons (Fsp3) is 0.917. The lowest BCUT2D eigenvalue weighted by Gasteiger charge is -2.33. The molecule has 1 atom stereocenters. The predicted octanol–water partition coefficient (Wildman–Crippen LogP) is 1.39. The van der Waals surface area contributed by atoms with Crippen molar-refractivity contribution in [1.82, 2.24) is 10.2 Å². The normalized spacial score (nSPS) is 27.1. The van der Waals surface area contributed by atoms with Gasteiger partial charge in [0.05, 0.1) is 6.04 Å². The molecule has 1 heterocycles. The standard InChI is InChI=1S/C12H22N2O/c1-14(12(15)11-7-8-13-11)9-10-5-3-2-4-6-10/h10-11,13H,2-9H2,1H3/t11-/m1/s1. The highest BCUT2D eigenvalue weighted by molar-refractivity contribution is 5.82. The van der Waals surface area contributed by atoms with Gasteiger partial charge in [-0.1, -0.05) is 19.3 Å². The van der Waals surface area contributed by atoms with Crippen LogP contribution in [0.4, 0.5) is 0 Å². The van der Waals surface area contributed by atoms with Crippen molar-refractivity contribution in [2.24, 2.45) is 5.92 Å². The quantitative estimate of drug-likeness (QED) is 0.763. The first-order chi connectivity index (χ1) is 7.27. The van der Waals surface area contributed by atoms with Gasteiger partial charge in [-0.25, -0.2) is 0 Å². The Morgan fingerprint density at radius 1 is 1.27 bits per heavy atom. The molecule has 3 heteroatoms. The molecule has 1 N–H and O–H groups in total. The van der Waals surface area contributed by atoms with Crippen molar-refractivity contribution in [3.63, 3.8) is 0 Å². The molecular weight excluding hydrogens is 188 g/mol. The largest absolute Gasteiger partial charge is 0.344 e. The SMILES string of the molecule is CN(CC1CCCCC1)C(=O)[C@H]1CCN1. The van der Waals surface area contributed by atoms with E-state index in [1.807, 2.05) is 11.9 Å².